The van der Waals surface area contributed by atoms with E-state index in [0.717, 1.165) is 46.6 Å². The number of anilines is 1. The number of morpholine rings is 1. The molecule has 0 spiro atoms. The third-order valence-corrected chi connectivity index (χ3v) is 6.12. The smallest absolute Gasteiger partial charge is 0.264 e. The van der Waals surface area contributed by atoms with Gasteiger partial charge < -0.3 is 15.0 Å². The summed E-state index contributed by atoms with van der Waals surface area (Å²) in [5.41, 5.74) is 3.82. The lowest BCUT2D eigenvalue weighted by atomic mass is 10.1. The molecule has 2 aliphatic rings. The highest BCUT2D eigenvalue weighted by Gasteiger charge is 2.25. The van der Waals surface area contributed by atoms with Crippen molar-refractivity contribution in [3.05, 3.63) is 70.6 Å². The zero-order chi connectivity index (χ0) is 21.2. The first-order valence-electron chi connectivity index (χ1n) is 10.2. The van der Waals surface area contributed by atoms with E-state index < -0.39 is 0 Å². The lowest BCUT2D eigenvalue weighted by Crippen LogP contribution is -2.37. The van der Waals surface area contributed by atoms with E-state index in [1.165, 1.54) is 11.8 Å². The molecule has 1 amide bonds. The van der Waals surface area contributed by atoms with E-state index in [1.54, 1.807) is 0 Å². The van der Waals surface area contributed by atoms with Crippen LogP contribution >= 0.6 is 11.8 Å². The van der Waals surface area contributed by atoms with Gasteiger partial charge in [-0.25, -0.2) is 9.98 Å². The molecule has 0 bridgehead atoms. The van der Waals surface area contributed by atoms with Crippen LogP contribution < -0.4 is 10.2 Å². The molecule has 0 aliphatic carbocycles. The third-order valence-electron chi connectivity index (χ3n) is 5.21. The summed E-state index contributed by atoms with van der Waals surface area (Å²) in [6, 6.07) is 18.0. The number of aliphatic imine (C=N–C) groups is 1. The van der Waals surface area contributed by atoms with Gasteiger partial charge in [0.15, 0.2) is 5.17 Å². The maximum absolute atomic E-state index is 12.7. The maximum Gasteiger partial charge on any atom is 0.264 e. The molecule has 3 heterocycles. The number of hydrogen-bond acceptors (Lipinski definition) is 6. The fourth-order valence-electron chi connectivity index (χ4n) is 3.69. The predicted octanol–water partition coefficient (Wildman–Crippen LogP) is 4.27. The molecule has 6 nitrogen and oxygen atoms in total. The second kappa shape index (κ2) is 8.53. The van der Waals surface area contributed by atoms with Gasteiger partial charge in [0.2, 0.25) is 0 Å². The van der Waals surface area contributed by atoms with E-state index in [1.807, 2.05) is 61.5 Å². The number of amides is 1. The average molecular weight is 431 g/mol. The van der Waals surface area contributed by atoms with Gasteiger partial charge in [-0.1, -0.05) is 30.3 Å². The fourth-order valence-corrected chi connectivity index (χ4v) is 4.53. The number of aryl methyl sites for hydroxylation is 1. The standard InChI is InChI=1S/C24H22N4O2S/c1-16-5-4-7-19(13-16)25-24-27-23(29)21(31-24)15-18-14-17-6-2-3-8-20(17)26-22(18)28-9-11-30-12-10-28/h2-8,13-15H,9-12H2,1H3,(H,25,27,29)/b21-15+. The Bertz CT molecular complexity index is 1220. The minimum atomic E-state index is -0.141. The molecule has 2 fully saturated rings. The Balaban J connectivity index is 1.51. The quantitative estimate of drug-likeness (QED) is 0.629. The maximum atomic E-state index is 12.7. The van der Waals surface area contributed by atoms with Crippen LogP contribution in [-0.2, 0) is 9.53 Å². The molecule has 156 valence electrons. The molecule has 0 atom stereocenters. The van der Waals surface area contributed by atoms with E-state index in [2.05, 4.69) is 21.3 Å². The summed E-state index contributed by atoms with van der Waals surface area (Å²) in [6.45, 7) is 4.93. The first-order chi connectivity index (χ1) is 15.2. The number of amidine groups is 1. The Morgan fingerprint density at radius 2 is 1.97 bits per heavy atom. The van der Waals surface area contributed by atoms with E-state index in [-0.39, 0.29) is 5.91 Å². The van der Waals surface area contributed by atoms with Crippen LogP contribution in [0.3, 0.4) is 0 Å². The number of thioether (sulfide) groups is 1. The van der Waals surface area contributed by atoms with Gasteiger partial charge in [-0.3, -0.25) is 4.79 Å². The second-order valence-electron chi connectivity index (χ2n) is 7.51. The van der Waals surface area contributed by atoms with Crippen molar-refractivity contribution >= 4 is 51.3 Å². The van der Waals surface area contributed by atoms with E-state index in [0.29, 0.717) is 23.3 Å². The topological polar surface area (TPSA) is 66.8 Å². The summed E-state index contributed by atoms with van der Waals surface area (Å²) < 4.78 is 5.51. The zero-order valence-electron chi connectivity index (χ0n) is 17.2. The van der Waals surface area contributed by atoms with Gasteiger partial charge >= 0.3 is 0 Å². The fraction of sp³-hybridized carbons (Fsp3) is 0.208. The molecule has 1 N–H and O–H groups in total. The number of hydrogen-bond donors (Lipinski definition) is 1. The number of rotatable bonds is 3. The molecule has 5 rings (SSSR count). The number of carbonyl (C=O) groups is 1. The van der Waals surface area contributed by atoms with Crippen molar-refractivity contribution in [2.45, 2.75) is 6.92 Å². The molecule has 0 radical (unpaired) electrons. The highest BCUT2D eigenvalue weighted by molar-refractivity contribution is 8.18. The van der Waals surface area contributed by atoms with Gasteiger partial charge in [0.25, 0.3) is 5.91 Å². The van der Waals surface area contributed by atoms with Crippen molar-refractivity contribution in [1.82, 2.24) is 10.3 Å². The molecular formula is C24H22N4O2S. The summed E-state index contributed by atoms with van der Waals surface area (Å²) in [4.78, 5) is 25.0. The number of carbonyl (C=O) groups excluding carboxylic acids is 1. The Hall–Kier alpha value is -3.16. The zero-order valence-corrected chi connectivity index (χ0v) is 18.0. The Kier molecular flexibility index (Phi) is 5.44. The molecule has 2 saturated heterocycles. The van der Waals surface area contributed by atoms with Gasteiger partial charge in [0.05, 0.1) is 29.3 Å². The lowest BCUT2D eigenvalue weighted by molar-refractivity contribution is -0.115. The van der Waals surface area contributed by atoms with Crippen LogP contribution in [0.5, 0.6) is 0 Å². The van der Waals surface area contributed by atoms with Gasteiger partial charge in [-0.2, -0.15) is 0 Å². The number of para-hydroxylation sites is 1. The van der Waals surface area contributed by atoms with Gasteiger partial charge in [0, 0.05) is 24.0 Å². The molecule has 1 aromatic heterocycles. The summed E-state index contributed by atoms with van der Waals surface area (Å²) in [7, 11) is 0. The van der Waals surface area contributed by atoms with E-state index in [9.17, 15) is 4.79 Å². The Morgan fingerprint density at radius 3 is 2.81 bits per heavy atom. The van der Waals surface area contributed by atoms with Crippen LogP contribution in [0.2, 0.25) is 0 Å². The largest absolute Gasteiger partial charge is 0.378 e. The monoisotopic (exact) mass is 430 g/mol. The molecule has 2 aromatic carbocycles. The molecule has 31 heavy (non-hydrogen) atoms. The van der Waals surface area contributed by atoms with Crippen molar-refractivity contribution in [3.63, 3.8) is 0 Å². The highest BCUT2D eigenvalue weighted by Crippen LogP contribution is 2.32. The number of nitrogens with one attached hydrogen (secondary N) is 1. The van der Waals surface area contributed by atoms with Gasteiger partial charge in [-0.15, -0.1) is 0 Å². The molecule has 0 saturated carbocycles. The van der Waals surface area contributed by atoms with E-state index >= 15 is 0 Å². The number of fused-ring (bicyclic) bond motifs is 1. The van der Waals surface area contributed by atoms with Crippen LogP contribution in [0.25, 0.3) is 17.0 Å². The lowest BCUT2D eigenvalue weighted by Gasteiger charge is -2.29. The van der Waals surface area contributed by atoms with Crippen LogP contribution in [-0.4, -0.2) is 42.4 Å². The molecule has 2 aliphatic heterocycles. The van der Waals surface area contributed by atoms with Crippen molar-refractivity contribution in [3.8, 4) is 0 Å². The van der Waals surface area contributed by atoms with Crippen LogP contribution in [0, 0.1) is 6.92 Å². The summed E-state index contributed by atoms with van der Waals surface area (Å²) in [5, 5.41) is 4.51. The molecule has 7 heteroatoms. The SMILES string of the molecule is Cc1cccc(N=C2NC(=O)/C(=C\c3cc4ccccc4nc3N3CCOCC3)S2)c1. The van der Waals surface area contributed by atoms with Crippen LogP contribution in [0.1, 0.15) is 11.1 Å². The summed E-state index contributed by atoms with van der Waals surface area (Å²) in [6.07, 6.45) is 1.92. The first kappa shape index (κ1) is 19.8. The molecular weight excluding hydrogens is 408 g/mol. The summed E-state index contributed by atoms with van der Waals surface area (Å²) >= 11 is 1.35. The third kappa shape index (κ3) is 4.33. The highest BCUT2D eigenvalue weighted by atomic mass is 32.2. The Morgan fingerprint density at radius 1 is 1.13 bits per heavy atom. The minimum absolute atomic E-state index is 0.141. The van der Waals surface area contributed by atoms with Crippen molar-refractivity contribution in [2.24, 2.45) is 4.99 Å². The first-order valence-corrected chi connectivity index (χ1v) is 11.1. The van der Waals surface area contributed by atoms with Gasteiger partial charge in [-0.05, 0) is 54.6 Å². The van der Waals surface area contributed by atoms with Crippen molar-refractivity contribution in [2.75, 3.05) is 31.2 Å². The second-order valence-corrected chi connectivity index (χ2v) is 8.54. The minimum Gasteiger partial charge on any atom is -0.378 e. The normalized spacial score (nSPS) is 19.4. The van der Waals surface area contributed by atoms with Gasteiger partial charge in [0.1, 0.15) is 5.82 Å². The van der Waals surface area contributed by atoms with Crippen molar-refractivity contribution in [1.29, 1.82) is 0 Å². The number of pyridine rings is 1. The average Bonchev–Trinajstić information content (AvgIpc) is 3.12. The van der Waals surface area contributed by atoms with Crippen molar-refractivity contribution < 1.29 is 9.53 Å². The number of nitrogens with zero attached hydrogens (tertiary/aromatic N) is 3. The number of benzene rings is 2. The number of aromatic nitrogens is 1. The number of ether oxygens (including phenoxy) is 1. The van der Waals surface area contributed by atoms with Crippen LogP contribution in [0.4, 0.5) is 11.5 Å². The summed E-state index contributed by atoms with van der Waals surface area (Å²) in [5.74, 6) is 0.740. The molecule has 0 unspecified atom stereocenters. The predicted molar refractivity (Wildman–Crippen MR) is 127 cm³/mol. The van der Waals surface area contributed by atoms with Crippen LogP contribution in [0.15, 0.2) is 64.5 Å². The Labute approximate surface area is 185 Å². The van der Waals surface area contributed by atoms with E-state index in [4.69, 9.17) is 9.72 Å². The molecule has 3 aromatic rings.